The van der Waals surface area contributed by atoms with Crippen molar-refractivity contribution in [2.24, 2.45) is 5.92 Å². The van der Waals surface area contributed by atoms with E-state index in [1.54, 1.807) is 0 Å². The zero-order valence-electron chi connectivity index (χ0n) is 23.4. The maximum Gasteiger partial charge on any atom is 0.563 e. The molecule has 37 heavy (non-hydrogen) atoms. The van der Waals surface area contributed by atoms with Crippen LogP contribution in [-0.2, 0) is 29.4 Å². The zero-order valence-corrected chi connectivity index (χ0v) is 23.4. The summed E-state index contributed by atoms with van der Waals surface area (Å²) in [5.41, 5.74) is 6.95. The molecule has 1 spiro atoms. The average Bonchev–Trinajstić information content (AvgIpc) is 3.30. The second-order valence-corrected chi connectivity index (χ2v) is 13.8. The molecule has 2 saturated heterocycles. The van der Waals surface area contributed by atoms with Gasteiger partial charge in [-0.15, -0.1) is 0 Å². The van der Waals surface area contributed by atoms with Crippen molar-refractivity contribution in [3.8, 4) is 11.1 Å². The first-order valence-corrected chi connectivity index (χ1v) is 14.0. The van der Waals surface area contributed by atoms with Gasteiger partial charge in [0.2, 0.25) is 0 Å². The van der Waals surface area contributed by atoms with Crippen LogP contribution in [0.4, 0.5) is 0 Å². The predicted molar refractivity (Wildman–Crippen MR) is 149 cm³/mol. The fourth-order valence-corrected chi connectivity index (χ4v) is 7.92. The van der Waals surface area contributed by atoms with E-state index in [9.17, 15) is 0 Å². The van der Waals surface area contributed by atoms with Crippen LogP contribution in [0.25, 0.3) is 11.1 Å². The minimum absolute atomic E-state index is 0.0801. The predicted octanol–water partition coefficient (Wildman–Crippen LogP) is 5.40. The van der Waals surface area contributed by atoms with Crippen molar-refractivity contribution in [1.82, 2.24) is 0 Å². The molecule has 2 aromatic carbocycles. The lowest BCUT2D eigenvalue weighted by atomic mass is 9.44. The van der Waals surface area contributed by atoms with Crippen molar-refractivity contribution in [2.45, 2.75) is 102 Å². The van der Waals surface area contributed by atoms with E-state index in [2.05, 4.69) is 77.6 Å². The molecule has 4 nitrogen and oxygen atoms in total. The van der Waals surface area contributed by atoms with Gasteiger partial charge in [-0.3, -0.25) is 0 Å². The third-order valence-corrected chi connectivity index (χ3v) is 11.1. The molecule has 7 rings (SSSR count). The average molecular weight is 496 g/mol. The number of fused-ring (bicyclic) bond motifs is 4. The Morgan fingerprint density at radius 1 is 0.730 bits per heavy atom. The van der Waals surface area contributed by atoms with Gasteiger partial charge in [-0.05, 0) is 106 Å². The Morgan fingerprint density at radius 3 is 1.86 bits per heavy atom. The van der Waals surface area contributed by atoms with Gasteiger partial charge in [0.15, 0.2) is 0 Å². The highest BCUT2D eigenvalue weighted by atomic mass is 16.7. The summed E-state index contributed by atoms with van der Waals surface area (Å²) < 4.78 is 25.3. The second kappa shape index (κ2) is 7.14. The zero-order chi connectivity index (χ0) is 26.2. The quantitative estimate of drug-likeness (QED) is 0.522. The van der Waals surface area contributed by atoms with Gasteiger partial charge < -0.3 is 18.6 Å². The van der Waals surface area contributed by atoms with Gasteiger partial charge in [-0.25, -0.2) is 0 Å². The van der Waals surface area contributed by atoms with Crippen LogP contribution in [0.15, 0.2) is 48.7 Å². The van der Waals surface area contributed by atoms with E-state index in [0.717, 1.165) is 16.8 Å². The number of rotatable bonds is 2. The fourth-order valence-electron chi connectivity index (χ4n) is 7.92. The Kier molecular flexibility index (Phi) is 4.64. The normalized spacial score (nSPS) is 33.8. The Bertz CT molecular complexity index is 1330. The summed E-state index contributed by atoms with van der Waals surface area (Å²) in [6.07, 6.45) is 5.03. The third-order valence-electron chi connectivity index (χ3n) is 11.1. The molecule has 5 aliphatic rings. The van der Waals surface area contributed by atoms with E-state index in [1.165, 1.54) is 47.9 Å². The lowest BCUT2D eigenvalue weighted by molar-refractivity contribution is 0.00578. The number of hydrogen-bond donors (Lipinski definition) is 0. The van der Waals surface area contributed by atoms with Crippen molar-refractivity contribution in [1.29, 1.82) is 0 Å². The number of benzene rings is 2. The molecule has 0 bridgehead atoms. The largest absolute Gasteiger partial charge is 0.563 e. The summed E-state index contributed by atoms with van der Waals surface area (Å²) in [5, 5.41) is 0. The first kappa shape index (κ1) is 24.1. The first-order valence-electron chi connectivity index (χ1n) is 14.0. The highest BCUT2D eigenvalue weighted by Gasteiger charge is 2.66. The molecule has 4 fully saturated rings. The molecule has 1 unspecified atom stereocenters. The molecule has 2 saturated carbocycles. The molecule has 2 heterocycles. The van der Waals surface area contributed by atoms with Gasteiger partial charge in [-0.1, -0.05) is 49.9 Å². The van der Waals surface area contributed by atoms with Gasteiger partial charge in [0.05, 0.1) is 17.0 Å². The third kappa shape index (κ3) is 2.93. The van der Waals surface area contributed by atoms with E-state index in [0.29, 0.717) is 5.76 Å². The standard InChI is InChI=1S/C31H38B2O4/c1-19-27(2,3)35-32(34-19)21-9-12-24-23-11-10-22(33-36-28(4,5)29(6,7)37-33)17-25(23)30(8)15-13-20-14-16-31(20,30)26(24)18-21/h9-12,17-18,20H,1,13-16H2,2-8H3/t20?,30-,31+/m1/s1. The summed E-state index contributed by atoms with van der Waals surface area (Å²) in [4.78, 5) is 0. The molecular weight excluding hydrogens is 458 g/mol. The van der Waals surface area contributed by atoms with E-state index < -0.39 is 12.7 Å². The molecule has 0 amide bonds. The van der Waals surface area contributed by atoms with Gasteiger partial charge in [0, 0.05) is 10.8 Å². The molecule has 192 valence electrons. The summed E-state index contributed by atoms with van der Waals surface area (Å²) in [7, 11) is -0.743. The van der Waals surface area contributed by atoms with Crippen LogP contribution in [0, 0.1) is 5.92 Å². The van der Waals surface area contributed by atoms with E-state index in [4.69, 9.17) is 18.6 Å². The molecule has 3 atom stereocenters. The molecule has 3 aliphatic carbocycles. The van der Waals surface area contributed by atoms with Crippen LogP contribution in [0.1, 0.15) is 85.3 Å². The molecule has 2 aliphatic heterocycles. The molecule has 2 aromatic rings. The first-order chi connectivity index (χ1) is 17.3. The van der Waals surface area contributed by atoms with Crippen molar-refractivity contribution in [3.63, 3.8) is 0 Å². The van der Waals surface area contributed by atoms with Crippen LogP contribution in [0.2, 0.25) is 0 Å². The lowest BCUT2D eigenvalue weighted by Crippen LogP contribution is -2.55. The molecule has 0 N–H and O–H groups in total. The van der Waals surface area contributed by atoms with Crippen LogP contribution in [0.3, 0.4) is 0 Å². The van der Waals surface area contributed by atoms with Crippen molar-refractivity contribution in [2.75, 3.05) is 0 Å². The van der Waals surface area contributed by atoms with Crippen LogP contribution >= 0.6 is 0 Å². The SMILES string of the molecule is C=C1OB(c2ccc3c(c2)[C@]24CCC2CC[C@]4(C)c2cc(B4OC(C)(C)C(C)(C)O4)ccc2-3)OC1(C)C. The minimum Gasteiger partial charge on any atom is -0.534 e. The topological polar surface area (TPSA) is 36.9 Å². The van der Waals surface area contributed by atoms with Crippen LogP contribution in [0.5, 0.6) is 0 Å². The van der Waals surface area contributed by atoms with E-state index in [-0.39, 0.29) is 29.2 Å². The maximum atomic E-state index is 6.46. The van der Waals surface area contributed by atoms with Gasteiger partial charge in [-0.2, -0.15) is 0 Å². The summed E-state index contributed by atoms with van der Waals surface area (Å²) in [6.45, 7) is 19.2. The maximum absolute atomic E-state index is 6.46. The minimum atomic E-state index is -0.476. The monoisotopic (exact) mass is 496 g/mol. The van der Waals surface area contributed by atoms with Crippen molar-refractivity contribution in [3.05, 3.63) is 59.9 Å². The Morgan fingerprint density at radius 2 is 1.30 bits per heavy atom. The Hall–Kier alpha value is -2.01. The molecule has 0 aromatic heterocycles. The van der Waals surface area contributed by atoms with Gasteiger partial charge in [0.25, 0.3) is 0 Å². The van der Waals surface area contributed by atoms with Crippen LogP contribution < -0.4 is 10.9 Å². The molecular formula is C31H38B2O4. The highest BCUT2D eigenvalue weighted by Crippen LogP contribution is 2.71. The van der Waals surface area contributed by atoms with Crippen molar-refractivity contribution < 1.29 is 18.6 Å². The Labute approximate surface area is 222 Å². The molecule has 6 heteroatoms. The van der Waals surface area contributed by atoms with Gasteiger partial charge in [0.1, 0.15) is 5.60 Å². The molecule has 0 radical (unpaired) electrons. The van der Waals surface area contributed by atoms with Crippen molar-refractivity contribution >= 4 is 25.2 Å². The van der Waals surface area contributed by atoms with Crippen LogP contribution in [-0.4, -0.2) is 31.0 Å². The summed E-state index contributed by atoms with van der Waals surface area (Å²) in [6, 6.07) is 13.8. The second-order valence-electron chi connectivity index (χ2n) is 13.8. The van der Waals surface area contributed by atoms with E-state index >= 15 is 0 Å². The van der Waals surface area contributed by atoms with E-state index in [1.807, 2.05) is 13.8 Å². The summed E-state index contributed by atoms with van der Waals surface area (Å²) in [5.74, 6) is 1.41. The summed E-state index contributed by atoms with van der Waals surface area (Å²) >= 11 is 0. The number of hydrogen-bond acceptors (Lipinski definition) is 4. The highest BCUT2D eigenvalue weighted by molar-refractivity contribution is 6.62. The fraction of sp³-hybridized carbons (Fsp3) is 0.548. The van der Waals surface area contributed by atoms with Gasteiger partial charge >= 0.3 is 14.2 Å². The lowest BCUT2D eigenvalue weighted by Gasteiger charge is -2.58. The Balaban J connectivity index is 1.36. The smallest absolute Gasteiger partial charge is 0.534 e.